The van der Waals surface area contributed by atoms with Gasteiger partial charge >= 0.3 is 0 Å². The van der Waals surface area contributed by atoms with Gasteiger partial charge in [0.2, 0.25) is 11.8 Å². The van der Waals surface area contributed by atoms with Crippen molar-refractivity contribution < 1.29 is 9.59 Å². The molecule has 0 bridgehead atoms. The molecule has 0 aromatic heterocycles. The summed E-state index contributed by atoms with van der Waals surface area (Å²) in [5, 5.41) is 3.58. The molecule has 0 saturated heterocycles. The highest BCUT2D eigenvalue weighted by atomic mass is 35.5. The van der Waals surface area contributed by atoms with Crippen LogP contribution >= 0.6 is 11.6 Å². The molecule has 4 nitrogen and oxygen atoms in total. The molecule has 0 heterocycles. The Morgan fingerprint density at radius 2 is 1.82 bits per heavy atom. The van der Waals surface area contributed by atoms with Gasteiger partial charge in [-0.3, -0.25) is 9.59 Å². The predicted molar refractivity (Wildman–Crippen MR) is 114 cm³/mol. The predicted octanol–water partition coefficient (Wildman–Crippen LogP) is 4.52. The van der Waals surface area contributed by atoms with Gasteiger partial charge in [0.15, 0.2) is 0 Å². The van der Waals surface area contributed by atoms with Crippen molar-refractivity contribution in [2.45, 2.75) is 52.6 Å². The van der Waals surface area contributed by atoms with Gasteiger partial charge in [0.1, 0.15) is 6.04 Å². The molecule has 0 aliphatic carbocycles. The number of unbranched alkanes of at least 4 members (excludes halogenated alkanes) is 1. The van der Waals surface area contributed by atoms with Crippen LogP contribution in [0.15, 0.2) is 48.5 Å². The smallest absolute Gasteiger partial charge is 0.242 e. The number of hydrogen-bond donors (Lipinski definition) is 1. The fraction of sp³-hybridized carbons (Fsp3) is 0.391. The first-order chi connectivity index (χ1) is 13.4. The van der Waals surface area contributed by atoms with Gasteiger partial charge in [-0.15, -0.1) is 0 Å². The van der Waals surface area contributed by atoms with Crippen LogP contribution in [0.4, 0.5) is 0 Å². The summed E-state index contributed by atoms with van der Waals surface area (Å²) in [7, 11) is 0. The highest BCUT2D eigenvalue weighted by Gasteiger charge is 2.26. The van der Waals surface area contributed by atoms with Crippen LogP contribution in [0.5, 0.6) is 0 Å². The Labute approximate surface area is 172 Å². The summed E-state index contributed by atoms with van der Waals surface area (Å²) < 4.78 is 0. The first-order valence-corrected chi connectivity index (χ1v) is 10.2. The summed E-state index contributed by atoms with van der Waals surface area (Å²) in [4.78, 5) is 27.3. The Hall–Kier alpha value is -2.33. The van der Waals surface area contributed by atoms with Crippen molar-refractivity contribution in [1.82, 2.24) is 10.2 Å². The molecule has 1 N–H and O–H groups in total. The minimum Gasteiger partial charge on any atom is -0.354 e. The number of carbonyl (C=O) groups excluding carboxylic acids is 2. The Bertz CT molecular complexity index is 789. The number of halogens is 1. The van der Waals surface area contributed by atoms with Gasteiger partial charge in [-0.2, -0.15) is 0 Å². The molecule has 0 unspecified atom stereocenters. The normalized spacial score (nSPS) is 11.7. The number of rotatable bonds is 9. The largest absolute Gasteiger partial charge is 0.354 e. The lowest BCUT2D eigenvalue weighted by molar-refractivity contribution is -0.140. The van der Waals surface area contributed by atoms with Crippen LogP contribution in [0.2, 0.25) is 5.02 Å². The second-order valence-corrected chi connectivity index (χ2v) is 7.57. The summed E-state index contributed by atoms with van der Waals surface area (Å²) in [6, 6.07) is 14.7. The third kappa shape index (κ3) is 6.68. The summed E-state index contributed by atoms with van der Waals surface area (Å²) >= 11 is 5.97. The minimum atomic E-state index is -0.551. The van der Waals surface area contributed by atoms with E-state index in [9.17, 15) is 9.59 Å². The number of hydrogen-bond acceptors (Lipinski definition) is 2. The SMILES string of the molecule is CCCCNC(=O)[C@H](C)N(Cc1ccc(Cl)cc1)C(=O)Cc1cccc(C)c1. The molecule has 2 aromatic carbocycles. The zero-order valence-electron chi connectivity index (χ0n) is 16.9. The summed E-state index contributed by atoms with van der Waals surface area (Å²) in [6.07, 6.45) is 2.20. The van der Waals surface area contributed by atoms with Crippen molar-refractivity contribution in [2.24, 2.45) is 0 Å². The van der Waals surface area contributed by atoms with Gasteiger partial charge in [-0.25, -0.2) is 0 Å². The van der Waals surface area contributed by atoms with Crippen molar-refractivity contribution >= 4 is 23.4 Å². The quantitative estimate of drug-likeness (QED) is 0.629. The number of benzene rings is 2. The van der Waals surface area contributed by atoms with Crippen LogP contribution in [-0.4, -0.2) is 29.3 Å². The highest BCUT2D eigenvalue weighted by molar-refractivity contribution is 6.30. The molecule has 0 radical (unpaired) electrons. The number of aryl methyl sites for hydroxylation is 1. The lowest BCUT2D eigenvalue weighted by atomic mass is 10.1. The van der Waals surface area contributed by atoms with Gasteiger partial charge in [-0.1, -0.05) is 66.9 Å². The zero-order chi connectivity index (χ0) is 20.5. The number of carbonyl (C=O) groups is 2. The maximum atomic E-state index is 13.1. The van der Waals surface area contributed by atoms with Crippen LogP contribution < -0.4 is 5.32 Å². The average Bonchev–Trinajstić information content (AvgIpc) is 2.67. The second kappa shape index (κ2) is 10.9. The average molecular weight is 401 g/mol. The van der Waals surface area contributed by atoms with E-state index in [-0.39, 0.29) is 18.2 Å². The summed E-state index contributed by atoms with van der Waals surface area (Å²) in [5.41, 5.74) is 3.00. The third-order valence-corrected chi connectivity index (χ3v) is 4.95. The molecule has 0 aliphatic rings. The van der Waals surface area contributed by atoms with Gasteiger partial charge in [-0.05, 0) is 43.5 Å². The molecule has 2 rings (SSSR count). The van der Waals surface area contributed by atoms with E-state index < -0.39 is 6.04 Å². The standard InChI is InChI=1S/C23H29ClN2O2/c1-4-5-13-25-23(28)18(3)26(16-19-9-11-21(24)12-10-19)22(27)15-20-8-6-7-17(2)14-20/h6-12,14,18H,4-5,13,15-16H2,1-3H3,(H,25,28)/t18-/m0/s1. The minimum absolute atomic E-state index is 0.0707. The van der Waals surface area contributed by atoms with E-state index in [1.165, 1.54) is 0 Å². The summed E-state index contributed by atoms with van der Waals surface area (Å²) in [5.74, 6) is -0.196. The third-order valence-electron chi connectivity index (χ3n) is 4.70. The molecule has 1 atom stereocenters. The van der Waals surface area contributed by atoms with Crippen LogP contribution in [0.3, 0.4) is 0 Å². The molecular weight excluding hydrogens is 372 g/mol. The van der Waals surface area contributed by atoms with Crippen LogP contribution in [0, 0.1) is 6.92 Å². The first kappa shape index (κ1) is 22.0. The second-order valence-electron chi connectivity index (χ2n) is 7.13. The molecule has 0 saturated carbocycles. The van der Waals surface area contributed by atoms with Gasteiger partial charge in [0.25, 0.3) is 0 Å². The van der Waals surface area contributed by atoms with Gasteiger partial charge in [0.05, 0.1) is 6.42 Å². The molecule has 2 aromatic rings. The molecule has 2 amide bonds. The molecular formula is C23H29ClN2O2. The first-order valence-electron chi connectivity index (χ1n) is 9.78. The molecule has 5 heteroatoms. The molecule has 0 fully saturated rings. The molecule has 28 heavy (non-hydrogen) atoms. The summed E-state index contributed by atoms with van der Waals surface area (Å²) in [6.45, 7) is 6.85. The lowest BCUT2D eigenvalue weighted by Gasteiger charge is -2.29. The Morgan fingerprint density at radius 3 is 2.46 bits per heavy atom. The molecule has 150 valence electrons. The van der Waals surface area contributed by atoms with Gasteiger partial charge in [0, 0.05) is 18.1 Å². The van der Waals surface area contributed by atoms with E-state index >= 15 is 0 Å². The van der Waals surface area contributed by atoms with Crippen LogP contribution in [-0.2, 0) is 22.6 Å². The van der Waals surface area contributed by atoms with Crippen molar-refractivity contribution in [2.75, 3.05) is 6.54 Å². The fourth-order valence-electron chi connectivity index (χ4n) is 3.00. The van der Waals surface area contributed by atoms with Crippen molar-refractivity contribution in [3.63, 3.8) is 0 Å². The van der Waals surface area contributed by atoms with E-state index in [0.29, 0.717) is 18.1 Å². The van der Waals surface area contributed by atoms with E-state index in [1.54, 1.807) is 24.0 Å². The maximum Gasteiger partial charge on any atom is 0.242 e. The molecule has 0 aliphatic heterocycles. The van der Waals surface area contributed by atoms with Crippen molar-refractivity contribution in [1.29, 1.82) is 0 Å². The van der Waals surface area contributed by atoms with E-state index in [4.69, 9.17) is 11.6 Å². The highest BCUT2D eigenvalue weighted by Crippen LogP contribution is 2.15. The number of nitrogens with one attached hydrogen (secondary N) is 1. The van der Waals surface area contributed by atoms with Crippen LogP contribution in [0.25, 0.3) is 0 Å². The monoisotopic (exact) mass is 400 g/mol. The fourth-order valence-corrected chi connectivity index (χ4v) is 3.13. The number of amides is 2. The Balaban J connectivity index is 2.17. The maximum absolute atomic E-state index is 13.1. The lowest BCUT2D eigenvalue weighted by Crippen LogP contribution is -2.48. The Morgan fingerprint density at radius 1 is 1.11 bits per heavy atom. The van der Waals surface area contributed by atoms with Gasteiger partial charge < -0.3 is 10.2 Å². The Kier molecular flexibility index (Phi) is 8.52. The number of nitrogens with zero attached hydrogens (tertiary/aromatic N) is 1. The van der Waals surface area contributed by atoms with E-state index in [2.05, 4.69) is 12.2 Å². The van der Waals surface area contributed by atoms with Crippen molar-refractivity contribution in [3.8, 4) is 0 Å². The van der Waals surface area contributed by atoms with Crippen molar-refractivity contribution in [3.05, 3.63) is 70.2 Å². The molecule has 0 spiro atoms. The van der Waals surface area contributed by atoms with E-state index in [0.717, 1.165) is 29.5 Å². The zero-order valence-corrected chi connectivity index (χ0v) is 17.6. The van der Waals surface area contributed by atoms with E-state index in [1.807, 2.05) is 43.3 Å². The van der Waals surface area contributed by atoms with Crippen LogP contribution in [0.1, 0.15) is 43.4 Å². The topological polar surface area (TPSA) is 49.4 Å².